The lowest BCUT2D eigenvalue weighted by molar-refractivity contribution is 0.497. The van der Waals surface area contributed by atoms with Crippen LogP contribution in [0, 0.1) is 34.3 Å². The van der Waals surface area contributed by atoms with Gasteiger partial charge in [0.25, 0.3) is 0 Å². The Hall–Kier alpha value is -4.41. The zero-order valence-corrected chi connectivity index (χ0v) is 22.7. The van der Waals surface area contributed by atoms with Crippen LogP contribution in [0.2, 0.25) is 0 Å². The number of hydrogen-bond donors (Lipinski definition) is 3. The number of nitriles is 2. The summed E-state index contributed by atoms with van der Waals surface area (Å²) in [6.45, 7) is 3.59. The maximum absolute atomic E-state index is 14.3. The minimum atomic E-state index is -1.82. The summed E-state index contributed by atoms with van der Waals surface area (Å²) in [5, 5.41) is 19.0. The Balaban J connectivity index is 1.82. The highest BCUT2D eigenvalue weighted by Gasteiger charge is 2.44. The second-order valence-corrected chi connectivity index (χ2v) is 11.7. The van der Waals surface area contributed by atoms with E-state index in [9.17, 15) is 23.9 Å². The molecule has 0 spiro atoms. The monoisotopic (exact) mass is 555 g/mol. The van der Waals surface area contributed by atoms with Crippen molar-refractivity contribution in [3.05, 3.63) is 130 Å². The van der Waals surface area contributed by atoms with Gasteiger partial charge < -0.3 is 16.0 Å². The Labute approximate surface area is 235 Å². The number of hydrogen-bond acceptors (Lipinski definition) is 6. The molecule has 40 heavy (non-hydrogen) atoms. The Bertz CT molecular complexity index is 1630. The molecule has 4 aromatic rings. The summed E-state index contributed by atoms with van der Waals surface area (Å²) < 4.78 is 44.5. The third-order valence-electron chi connectivity index (χ3n) is 6.80. The van der Waals surface area contributed by atoms with Gasteiger partial charge in [-0.25, -0.2) is 8.78 Å². The molecule has 0 aliphatic rings. The van der Waals surface area contributed by atoms with E-state index in [1.807, 2.05) is 6.07 Å². The molecule has 0 aromatic heterocycles. The molecule has 9 heteroatoms. The first-order chi connectivity index (χ1) is 19.0. The lowest BCUT2D eigenvalue weighted by Crippen LogP contribution is -2.47. The van der Waals surface area contributed by atoms with Gasteiger partial charge >= 0.3 is 0 Å². The average Bonchev–Trinajstić information content (AvgIpc) is 2.95. The van der Waals surface area contributed by atoms with Crippen molar-refractivity contribution < 1.29 is 13.3 Å². The number of anilines is 2. The van der Waals surface area contributed by atoms with E-state index in [2.05, 4.69) is 16.9 Å². The van der Waals surface area contributed by atoms with E-state index >= 15 is 0 Å². The highest BCUT2D eigenvalue weighted by molar-refractivity contribution is 7.90. The third-order valence-corrected chi connectivity index (χ3v) is 8.44. The number of halogens is 2. The van der Waals surface area contributed by atoms with Crippen LogP contribution in [0.15, 0.2) is 84.9 Å². The topological polar surface area (TPSA) is 135 Å². The van der Waals surface area contributed by atoms with E-state index in [1.54, 1.807) is 68.4 Å². The SMILES string of the molecule is CC(C)([C@H](c1cccc(C#N)c1)c1ccc(F)c(N)c1)[S+]([O-])N[C@H](c1cccc(C#N)c1)c1ccc(F)c(N)c1. The van der Waals surface area contributed by atoms with Crippen LogP contribution >= 0.6 is 0 Å². The van der Waals surface area contributed by atoms with Crippen molar-refractivity contribution in [1.82, 2.24) is 4.72 Å². The molecule has 0 heterocycles. The second kappa shape index (κ2) is 11.8. The van der Waals surface area contributed by atoms with Crippen LogP contribution in [0.1, 0.15) is 59.2 Å². The zero-order valence-electron chi connectivity index (χ0n) is 21.9. The predicted octanol–water partition coefficient (Wildman–Crippen LogP) is 5.83. The molecule has 1 unspecified atom stereocenters. The molecule has 0 amide bonds. The van der Waals surface area contributed by atoms with Crippen LogP contribution < -0.4 is 16.2 Å². The molecule has 3 atom stereocenters. The molecule has 0 radical (unpaired) electrons. The summed E-state index contributed by atoms with van der Waals surface area (Å²) in [5.41, 5.74) is 15.0. The van der Waals surface area contributed by atoms with E-state index < -0.39 is 39.7 Å². The summed E-state index contributed by atoms with van der Waals surface area (Å²) in [7, 11) is 0. The Morgan fingerprint density at radius 3 is 1.75 bits per heavy atom. The summed E-state index contributed by atoms with van der Waals surface area (Å²) in [4.78, 5) is 0. The fourth-order valence-electron chi connectivity index (χ4n) is 4.75. The standard InChI is InChI=1S/C31H27F2N5OS/c1-31(2,29(21-7-3-5-19(13-21)17-34)22-9-11-25(32)27(36)15-22)40(39)38-30(23-8-4-6-20(14-23)18-35)24-10-12-26(33)28(37)16-24/h3-16,29-30,38H,36-37H2,1-2H3/t29-,30-,40?/m1/s1. The molecule has 4 rings (SSSR count). The fraction of sp³-hybridized carbons (Fsp3) is 0.161. The summed E-state index contributed by atoms with van der Waals surface area (Å²) in [5.74, 6) is -1.74. The molecular formula is C31H27F2N5OS. The number of rotatable bonds is 8. The molecule has 0 aliphatic heterocycles. The maximum atomic E-state index is 14.3. The molecule has 202 valence electrons. The normalized spacial score (nSPS) is 13.6. The number of nitrogens with one attached hydrogen (secondary N) is 1. The minimum absolute atomic E-state index is 0.0542. The van der Waals surface area contributed by atoms with E-state index in [4.69, 9.17) is 11.5 Å². The Kier molecular flexibility index (Phi) is 8.41. The fourth-order valence-corrected chi connectivity index (χ4v) is 6.03. The van der Waals surface area contributed by atoms with Gasteiger partial charge in [0, 0.05) is 11.4 Å². The zero-order chi connectivity index (χ0) is 29.0. The predicted molar refractivity (Wildman–Crippen MR) is 153 cm³/mol. The third kappa shape index (κ3) is 5.93. The van der Waals surface area contributed by atoms with Crippen molar-refractivity contribution >= 4 is 22.7 Å². The van der Waals surface area contributed by atoms with Gasteiger partial charge in [0.2, 0.25) is 0 Å². The van der Waals surface area contributed by atoms with Gasteiger partial charge in [0.15, 0.2) is 4.75 Å². The van der Waals surface area contributed by atoms with Gasteiger partial charge in [0.05, 0.1) is 40.6 Å². The van der Waals surface area contributed by atoms with Crippen molar-refractivity contribution in [2.24, 2.45) is 0 Å². The number of nitrogens with zero attached hydrogens (tertiary/aromatic N) is 2. The lowest BCUT2D eigenvalue weighted by atomic mass is 9.81. The molecule has 0 saturated heterocycles. The molecule has 6 nitrogen and oxygen atoms in total. The number of benzene rings is 4. The van der Waals surface area contributed by atoms with Crippen molar-refractivity contribution in [3.63, 3.8) is 0 Å². The van der Waals surface area contributed by atoms with E-state index in [1.165, 1.54) is 24.3 Å². The van der Waals surface area contributed by atoms with Gasteiger partial charge in [-0.2, -0.15) is 10.5 Å². The van der Waals surface area contributed by atoms with Crippen LogP contribution in [-0.2, 0) is 11.4 Å². The summed E-state index contributed by atoms with van der Waals surface area (Å²) >= 11 is -1.82. The van der Waals surface area contributed by atoms with Crippen molar-refractivity contribution in [1.29, 1.82) is 10.5 Å². The first kappa shape index (κ1) is 28.6. The first-order valence-electron chi connectivity index (χ1n) is 12.3. The van der Waals surface area contributed by atoms with Gasteiger partial charge in [-0.3, -0.25) is 0 Å². The van der Waals surface area contributed by atoms with Crippen molar-refractivity contribution in [2.75, 3.05) is 11.5 Å². The quantitative estimate of drug-likeness (QED) is 0.185. The minimum Gasteiger partial charge on any atom is -0.598 e. The van der Waals surface area contributed by atoms with Gasteiger partial charge in [-0.15, -0.1) is 4.72 Å². The largest absolute Gasteiger partial charge is 0.598 e. The van der Waals surface area contributed by atoms with E-state index in [0.717, 1.165) is 0 Å². The highest BCUT2D eigenvalue weighted by atomic mass is 32.2. The van der Waals surface area contributed by atoms with Crippen LogP contribution in [-0.4, -0.2) is 9.30 Å². The van der Waals surface area contributed by atoms with Crippen LogP contribution in [0.25, 0.3) is 0 Å². The van der Waals surface area contributed by atoms with Crippen LogP contribution in [0.4, 0.5) is 20.2 Å². The number of nitrogens with two attached hydrogens (primary N) is 2. The van der Waals surface area contributed by atoms with Crippen LogP contribution in [0.3, 0.4) is 0 Å². The van der Waals surface area contributed by atoms with Crippen molar-refractivity contribution in [3.8, 4) is 12.1 Å². The van der Waals surface area contributed by atoms with E-state index in [-0.39, 0.29) is 11.4 Å². The second-order valence-electron chi connectivity index (χ2n) is 9.89. The molecule has 5 N–H and O–H groups in total. The van der Waals surface area contributed by atoms with Gasteiger partial charge in [-0.05, 0) is 84.6 Å². The number of nitrogen functional groups attached to an aromatic ring is 2. The molecule has 0 bridgehead atoms. The average molecular weight is 556 g/mol. The maximum Gasteiger partial charge on any atom is 0.150 e. The first-order valence-corrected chi connectivity index (χ1v) is 13.5. The molecule has 0 aliphatic carbocycles. The molecule has 0 fully saturated rings. The van der Waals surface area contributed by atoms with E-state index in [0.29, 0.717) is 33.4 Å². The summed E-state index contributed by atoms with van der Waals surface area (Å²) in [6.07, 6.45) is 0. The smallest absolute Gasteiger partial charge is 0.150 e. The summed E-state index contributed by atoms with van der Waals surface area (Å²) in [6, 6.07) is 25.8. The van der Waals surface area contributed by atoms with Crippen LogP contribution in [0.5, 0.6) is 0 Å². The highest BCUT2D eigenvalue weighted by Crippen LogP contribution is 2.42. The van der Waals surface area contributed by atoms with Gasteiger partial charge in [-0.1, -0.05) is 36.4 Å². The Morgan fingerprint density at radius 1 is 0.750 bits per heavy atom. The Morgan fingerprint density at radius 2 is 1.20 bits per heavy atom. The lowest BCUT2D eigenvalue weighted by Gasteiger charge is -2.37. The molecule has 0 saturated carbocycles. The molecular weight excluding hydrogens is 528 g/mol. The van der Waals surface area contributed by atoms with Crippen molar-refractivity contribution in [2.45, 2.75) is 30.6 Å². The van der Waals surface area contributed by atoms with Gasteiger partial charge in [0.1, 0.15) is 17.7 Å². The molecule has 4 aromatic carbocycles.